The quantitative estimate of drug-likeness (QED) is 0.819. The Hall–Kier alpha value is -2.08. The second-order valence-electron chi connectivity index (χ2n) is 9.22. The van der Waals surface area contributed by atoms with Crippen LogP contribution in [0.1, 0.15) is 55.3 Å². The summed E-state index contributed by atoms with van der Waals surface area (Å²) in [5.74, 6) is 1.30. The fourth-order valence-corrected chi connectivity index (χ4v) is 5.93. The largest absolute Gasteiger partial charge is 0.467 e. The third-order valence-corrected chi connectivity index (χ3v) is 7.48. The molecule has 2 N–H and O–H groups in total. The van der Waals surface area contributed by atoms with Crippen molar-refractivity contribution in [3.05, 3.63) is 29.8 Å². The van der Waals surface area contributed by atoms with Crippen molar-refractivity contribution in [2.45, 2.75) is 50.7 Å². The molecule has 29 heavy (non-hydrogen) atoms. The number of ether oxygens (including phenoxy) is 1. The van der Waals surface area contributed by atoms with Crippen molar-refractivity contribution in [3.8, 4) is 5.75 Å². The second-order valence-corrected chi connectivity index (χ2v) is 9.22. The highest BCUT2D eigenvalue weighted by Gasteiger charge is 2.57. The second kappa shape index (κ2) is 7.63. The van der Waals surface area contributed by atoms with Crippen LogP contribution < -0.4 is 15.4 Å². The monoisotopic (exact) mass is 397 g/mol. The third-order valence-electron chi connectivity index (χ3n) is 7.48. The van der Waals surface area contributed by atoms with Gasteiger partial charge in [-0.15, -0.1) is 0 Å². The number of hydrogen-bond acceptors (Lipinski definition) is 4. The van der Waals surface area contributed by atoms with Gasteiger partial charge in [0.05, 0.1) is 5.56 Å². The van der Waals surface area contributed by atoms with Gasteiger partial charge in [0.2, 0.25) is 5.91 Å². The summed E-state index contributed by atoms with van der Waals surface area (Å²) in [4.78, 5) is 28.0. The van der Waals surface area contributed by atoms with E-state index in [9.17, 15) is 9.59 Å². The molecule has 6 nitrogen and oxygen atoms in total. The molecule has 4 atom stereocenters. The van der Waals surface area contributed by atoms with Gasteiger partial charge in [-0.05, 0) is 63.2 Å². The number of carbonyl (C=O) groups excluding carboxylic acids is 2. The Morgan fingerprint density at radius 2 is 2.03 bits per heavy atom. The first-order valence-corrected chi connectivity index (χ1v) is 11.3. The normalized spacial score (nSPS) is 33.7. The lowest BCUT2D eigenvalue weighted by Gasteiger charge is -2.55. The van der Waals surface area contributed by atoms with E-state index in [-0.39, 0.29) is 29.6 Å². The maximum atomic E-state index is 12.9. The van der Waals surface area contributed by atoms with E-state index >= 15 is 0 Å². The molecule has 1 aromatic carbocycles. The summed E-state index contributed by atoms with van der Waals surface area (Å²) in [6.07, 6.45) is 7.44. The fraction of sp³-hybridized carbons (Fsp3) is 0.652. The number of piperidine rings is 1. The van der Waals surface area contributed by atoms with Gasteiger partial charge in [-0.2, -0.15) is 0 Å². The van der Waals surface area contributed by atoms with Crippen LogP contribution in [0, 0.1) is 17.8 Å². The van der Waals surface area contributed by atoms with Gasteiger partial charge in [0, 0.05) is 31.3 Å². The minimum absolute atomic E-state index is 0.0402. The van der Waals surface area contributed by atoms with Crippen molar-refractivity contribution >= 4 is 11.8 Å². The molecule has 2 aliphatic heterocycles. The molecule has 1 saturated heterocycles. The number of fused-ring (bicyclic) bond motifs is 3. The molecule has 0 aromatic heterocycles. The molecule has 6 rings (SSSR count). The van der Waals surface area contributed by atoms with Gasteiger partial charge in [-0.25, -0.2) is 0 Å². The summed E-state index contributed by atoms with van der Waals surface area (Å²) in [7, 11) is 0. The van der Waals surface area contributed by atoms with Gasteiger partial charge in [-0.1, -0.05) is 18.6 Å². The number of likely N-dealkylation sites (tertiary alicyclic amines) is 1. The molecule has 1 aromatic rings. The fourth-order valence-electron chi connectivity index (χ4n) is 5.93. The molecule has 5 aliphatic rings. The van der Waals surface area contributed by atoms with Crippen LogP contribution in [0.3, 0.4) is 0 Å². The van der Waals surface area contributed by atoms with Gasteiger partial charge < -0.3 is 20.3 Å². The zero-order chi connectivity index (χ0) is 19.8. The highest BCUT2D eigenvalue weighted by Crippen LogP contribution is 2.52. The molecule has 1 spiro atoms. The lowest BCUT2D eigenvalue weighted by molar-refractivity contribution is -0.146. The van der Waals surface area contributed by atoms with Crippen LogP contribution in [0.25, 0.3) is 0 Å². The smallest absolute Gasteiger partial charge is 0.258 e. The van der Waals surface area contributed by atoms with E-state index in [4.69, 9.17) is 4.74 Å². The molecule has 0 radical (unpaired) electrons. The first-order chi connectivity index (χ1) is 14.1. The van der Waals surface area contributed by atoms with Crippen LogP contribution in [-0.4, -0.2) is 48.6 Å². The van der Waals surface area contributed by atoms with Crippen LogP contribution in [0.4, 0.5) is 0 Å². The van der Waals surface area contributed by atoms with E-state index in [0.29, 0.717) is 11.3 Å². The lowest BCUT2D eigenvalue weighted by Crippen LogP contribution is -2.67. The summed E-state index contributed by atoms with van der Waals surface area (Å²) in [5, 5.41) is 6.36. The SMILES string of the molecule is O=C1N[C@]2(C[C@H]3CC[C@H]2C[C@H]3C(=O)NCCN2CCCCC2)Oc2ccccc21. The van der Waals surface area contributed by atoms with E-state index in [1.807, 2.05) is 18.2 Å². The van der Waals surface area contributed by atoms with Crippen molar-refractivity contribution in [1.82, 2.24) is 15.5 Å². The Balaban J connectivity index is 1.21. The summed E-state index contributed by atoms with van der Waals surface area (Å²) >= 11 is 0. The Kier molecular flexibility index (Phi) is 4.98. The molecular formula is C23H31N3O3. The topological polar surface area (TPSA) is 70.7 Å². The maximum Gasteiger partial charge on any atom is 0.258 e. The Labute approximate surface area is 172 Å². The summed E-state index contributed by atoms with van der Waals surface area (Å²) in [6.45, 7) is 4.00. The van der Waals surface area contributed by atoms with E-state index in [1.165, 1.54) is 19.3 Å². The molecule has 3 aliphatic carbocycles. The number of rotatable bonds is 4. The van der Waals surface area contributed by atoms with Crippen LogP contribution in [0.5, 0.6) is 5.75 Å². The molecule has 2 bridgehead atoms. The Morgan fingerprint density at radius 3 is 2.83 bits per heavy atom. The zero-order valence-electron chi connectivity index (χ0n) is 17.0. The molecule has 6 heteroatoms. The standard InChI is InChI=1S/C23H31N3O3/c27-21(24-10-13-26-11-4-1-5-12-26)19-14-17-9-8-16(19)15-23(17)25-22(28)18-6-2-3-7-20(18)29-23/h2-3,6-7,16-17,19H,1,4-5,8-15H2,(H,24,27)(H,25,28)/t16-,17+,19-,23-/m1/s1. The van der Waals surface area contributed by atoms with Gasteiger partial charge in [-0.3, -0.25) is 9.59 Å². The molecule has 156 valence electrons. The molecule has 2 amide bonds. The van der Waals surface area contributed by atoms with E-state index in [2.05, 4.69) is 15.5 Å². The number of hydrogen-bond donors (Lipinski definition) is 2. The van der Waals surface area contributed by atoms with Crippen molar-refractivity contribution in [3.63, 3.8) is 0 Å². The van der Waals surface area contributed by atoms with E-state index < -0.39 is 5.72 Å². The first-order valence-electron chi connectivity index (χ1n) is 11.3. The predicted molar refractivity (Wildman–Crippen MR) is 110 cm³/mol. The van der Waals surface area contributed by atoms with Crippen molar-refractivity contribution in [2.75, 3.05) is 26.2 Å². The Morgan fingerprint density at radius 1 is 1.21 bits per heavy atom. The Bertz CT molecular complexity index is 791. The van der Waals surface area contributed by atoms with Crippen molar-refractivity contribution in [1.29, 1.82) is 0 Å². The maximum absolute atomic E-state index is 12.9. The van der Waals surface area contributed by atoms with Crippen LogP contribution in [-0.2, 0) is 4.79 Å². The van der Waals surface area contributed by atoms with Crippen molar-refractivity contribution in [2.24, 2.45) is 17.8 Å². The predicted octanol–water partition coefficient (Wildman–Crippen LogP) is 2.54. The number of para-hydroxylation sites is 1. The molecular weight excluding hydrogens is 366 g/mol. The van der Waals surface area contributed by atoms with Crippen LogP contribution in [0.15, 0.2) is 24.3 Å². The average molecular weight is 398 g/mol. The summed E-state index contributed by atoms with van der Waals surface area (Å²) < 4.78 is 6.38. The van der Waals surface area contributed by atoms with Gasteiger partial charge >= 0.3 is 0 Å². The average Bonchev–Trinajstić information content (AvgIpc) is 2.75. The molecule has 3 saturated carbocycles. The first kappa shape index (κ1) is 18.9. The van der Waals surface area contributed by atoms with E-state index in [1.54, 1.807) is 6.07 Å². The summed E-state index contributed by atoms with van der Waals surface area (Å²) in [5.41, 5.74) is -0.0366. The number of benzene rings is 1. The minimum Gasteiger partial charge on any atom is -0.467 e. The van der Waals surface area contributed by atoms with Crippen LogP contribution >= 0.6 is 0 Å². The van der Waals surface area contributed by atoms with Gasteiger partial charge in [0.1, 0.15) is 5.75 Å². The number of nitrogens with one attached hydrogen (secondary N) is 2. The van der Waals surface area contributed by atoms with Crippen LogP contribution in [0.2, 0.25) is 0 Å². The molecule has 2 heterocycles. The van der Waals surface area contributed by atoms with Gasteiger partial charge in [0.25, 0.3) is 5.91 Å². The zero-order valence-corrected chi connectivity index (χ0v) is 17.0. The number of amides is 2. The van der Waals surface area contributed by atoms with Gasteiger partial charge in [0.15, 0.2) is 5.72 Å². The van der Waals surface area contributed by atoms with Crippen molar-refractivity contribution < 1.29 is 14.3 Å². The lowest BCUT2D eigenvalue weighted by atomic mass is 9.60. The highest BCUT2D eigenvalue weighted by atomic mass is 16.5. The highest BCUT2D eigenvalue weighted by molar-refractivity contribution is 5.98. The number of carbonyl (C=O) groups is 2. The molecule has 0 unspecified atom stereocenters. The number of nitrogens with zero attached hydrogens (tertiary/aromatic N) is 1. The van der Waals surface area contributed by atoms with E-state index in [0.717, 1.165) is 51.9 Å². The third kappa shape index (κ3) is 3.52. The minimum atomic E-state index is -0.640. The summed E-state index contributed by atoms with van der Waals surface area (Å²) in [6, 6.07) is 7.45. The molecule has 4 fully saturated rings.